The summed E-state index contributed by atoms with van der Waals surface area (Å²) in [5, 5.41) is 18.5. The zero-order valence-corrected chi connectivity index (χ0v) is 19.7. The number of aromatic nitrogens is 6. The Labute approximate surface area is 204 Å². The van der Waals surface area contributed by atoms with Crippen LogP contribution in [0.25, 0.3) is 27.9 Å². The minimum absolute atomic E-state index is 0.129. The maximum Gasteiger partial charge on any atom is 0.256 e. The lowest BCUT2D eigenvalue weighted by Gasteiger charge is -2.41. The number of aryl methyl sites for hydroxylation is 1. The van der Waals surface area contributed by atoms with E-state index in [1.165, 1.54) is 15.1 Å². The van der Waals surface area contributed by atoms with E-state index in [1.54, 1.807) is 19.1 Å². The number of ether oxygens (including phenoxy) is 1. The first kappa shape index (κ1) is 22.9. The second-order valence-corrected chi connectivity index (χ2v) is 9.34. The highest BCUT2D eigenvalue weighted by Crippen LogP contribution is 2.34. The average Bonchev–Trinajstić information content (AvgIpc) is 3.30. The second kappa shape index (κ2) is 8.82. The van der Waals surface area contributed by atoms with Gasteiger partial charge in [0.05, 0.1) is 31.5 Å². The van der Waals surface area contributed by atoms with Crippen LogP contribution < -0.4 is 11.1 Å². The Morgan fingerprint density at radius 3 is 2.67 bits per heavy atom. The molecule has 4 aromatic rings. The molecule has 2 saturated heterocycles. The molecule has 2 fully saturated rings. The molecule has 2 aliphatic heterocycles. The lowest BCUT2D eigenvalue weighted by atomic mass is 10.0. The van der Waals surface area contributed by atoms with Crippen LogP contribution in [-0.4, -0.2) is 84.0 Å². The largest absolute Gasteiger partial charge is 0.493 e. The van der Waals surface area contributed by atoms with Crippen molar-refractivity contribution >= 4 is 28.4 Å². The normalized spacial score (nSPS) is 17.9. The Morgan fingerprint density at radius 2 is 1.97 bits per heavy atom. The third-order valence-electron chi connectivity index (χ3n) is 7.00. The van der Waals surface area contributed by atoms with Crippen molar-refractivity contribution in [1.82, 2.24) is 34.0 Å². The SMILES string of the molecule is Cc1nc2ccc(-c3cc(O)n4nc(NC5CCN(C6COC6)CC5)nc(N)c34)nc2n1CC(F)F. The number of nitrogens with one attached hydrogen (secondary N) is 1. The van der Waals surface area contributed by atoms with Gasteiger partial charge in [0, 0.05) is 30.8 Å². The molecule has 6 heterocycles. The molecule has 0 amide bonds. The first-order chi connectivity index (χ1) is 17.4. The van der Waals surface area contributed by atoms with Crippen molar-refractivity contribution in [3.63, 3.8) is 0 Å². The highest BCUT2D eigenvalue weighted by molar-refractivity contribution is 5.89. The van der Waals surface area contributed by atoms with Crippen LogP contribution in [0.5, 0.6) is 5.88 Å². The number of rotatable bonds is 6. The lowest BCUT2D eigenvalue weighted by Crippen LogP contribution is -2.53. The zero-order chi connectivity index (χ0) is 25.0. The molecular weight excluding hydrogens is 472 g/mol. The molecule has 0 radical (unpaired) electrons. The van der Waals surface area contributed by atoms with Gasteiger partial charge in [-0.05, 0) is 31.9 Å². The molecule has 4 N–H and O–H groups in total. The topological polar surface area (TPSA) is 132 Å². The Kier molecular flexibility index (Phi) is 5.60. The molecule has 0 unspecified atom stereocenters. The summed E-state index contributed by atoms with van der Waals surface area (Å²) < 4.78 is 34.2. The van der Waals surface area contributed by atoms with Crippen molar-refractivity contribution in [2.45, 2.75) is 44.8 Å². The van der Waals surface area contributed by atoms with E-state index in [-0.39, 0.29) is 17.7 Å². The minimum Gasteiger partial charge on any atom is -0.493 e. The first-order valence-corrected chi connectivity index (χ1v) is 12.0. The van der Waals surface area contributed by atoms with E-state index in [0.29, 0.717) is 45.8 Å². The number of nitrogens with two attached hydrogens (primary N) is 1. The molecule has 0 bridgehead atoms. The van der Waals surface area contributed by atoms with Crippen LogP contribution in [0, 0.1) is 6.92 Å². The van der Waals surface area contributed by atoms with Crippen molar-refractivity contribution in [2.75, 3.05) is 37.4 Å². The molecule has 6 rings (SSSR count). The van der Waals surface area contributed by atoms with Crippen LogP contribution in [0.15, 0.2) is 18.2 Å². The van der Waals surface area contributed by atoms with Gasteiger partial charge >= 0.3 is 0 Å². The molecule has 4 aromatic heterocycles. The summed E-state index contributed by atoms with van der Waals surface area (Å²) in [5.41, 5.74) is 8.50. The summed E-state index contributed by atoms with van der Waals surface area (Å²) >= 11 is 0. The van der Waals surface area contributed by atoms with E-state index in [0.717, 1.165) is 39.1 Å². The van der Waals surface area contributed by atoms with E-state index >= 15 is 0 Å². The van der Waals surface area contributed by atoms with Crippen molar-refractivity contribution in [3.8, 4) is 17.1 Å². The maximum absolute atomic E-state index is 13.1. The van der Waals surface area contributed by atoms with Gasteiger partial charge in [0.25, 0.3) is 6.43 Å². The number of piperidine rings is 1. The molecule has 190 valence electrons. The van der Waals surface area contributed by atoms with Crippen LogP contribution in [-0.2, 0) is 11.3 Å². The monoisotopic (exact) mass is 499 g/mol. The van der Waals surface area contributed by atoms with Gasteiger partial charge in [-0.25, -0.2) is 18.7 Å². The quantitative estimate of drug-likeness (QED) is 0.366. The number of hydrogen-bond donors (Lipinski definition) is 3. The number of aromatic hydroxyl groups is 1. The molecule has 2 aliphatic rings. The molecular formula is C23H27F2N9O2. The number of imidazole rings is 1. The number of pyridine rings is 1. The average molecular weight is 500 g/mol. The number of fused-ring (bicyclic) bond motifs is 2. The molecule has 0 aliphatic carbocycles. The van der Waals surface area contributed by atoms with E-state index in [4.69, 9.17) is 10.5 Å². The van der Waals surface area contributed by atoms with Crippen LogP contribution in [0.1, 0.15) is 18.7 Å². The number of alkyl halides is 2. The fraction of sp³-hybridized carbons (Fsp3) is 0.478. The van der Waals surface area contributed by atoms with Crippen LogP contribution in [0.2, 0.25) is 0 Å². The van der Waals surface area contributed by atoms with Gasteiger partial charge < -0.3 is 25.5 Å². The molecule has 11 nitrogen and oxygen atoms in total. The van der Waals surface area contributed by atoms with Gasteiger partial charge in [-0.1, -0.05) is 0 Å². The van der Waals surface area contributed by atoms with Gasteiger partial charge in [0.1, 0.15) is 16.9 Å². The lowest BCUT2D eigenvalue weighted by molar-refractivity contribution is -0.0705. The highest BCUT2D eigenvalue weighted by atomic mass is 19.3. The van der Waals surface area contributed by atoms with Crippen molar-refractivity contribution in [3.05, 3.63) is 24.0 Å². The van der Waals surface area contributed by atoms with Crippen LogP contribution >= 0.6 is 0 Å². The number of likely N-dealkylation sites (tertiary alicyclic amines) is 1. The van der Waals surface area contributed by atoms with E-state index in [1.807, 2.05) is 0 Å². The minimum atomic E-state index is -2.54. The Bertz CT molecular complexity index is 1420. The van der Waals surface area contributed by atoms with Crippen LogP contribution in [0.4, 0.5) is 20.5 Å². The molecule has 0 spiro atoms. The van der Waals surface area contributed by atoms with Gasteiger partial charge in [-0.3, -0.25) is 4.90 Å². The number of hydrogen-bond acceptors (Lipinski definition) is 9. The Hall–Kier alpha value is -3.58. The smallest absolute Gasteiger partial charge is 0.256 e. The summed E-state index contributed by atoms with van der Waals surface area (Å²) in [7, 11) is 0. The predicted octanol–water partition coefficient (Wildman–Crippen LogP) is 2.28. The zero-order valence-electron chi connectivity index (χ0n) is 19.7. The van der Waals surface area contributed by atoms with Crippen molar-refractivity contribution in [2.24, 2.45) is 0 Å². The number of halogens is 2. The van der Waals surface area contributed by atoms with Gasteiger partial charge in [0.15, 0.2) is 11.5 Å². The molecule has 13 heteroatoms. The predicted molar refractivity (Wildman–Crippen MR) is 129 cm³/mol. The van der Waals surface area contributed by atoms with Crippen molar-refractivity contribution in [1.29, 1.82) is 0 Å². The maximum atomic E-state index is 13.1. The van der Waals surface area contributed by atoms with Crippen molar-refractivity contribution < 1.29 is 18.6 Å². The third kappa shape index (κ3) is 3.97. The first-order valence-electron chi connectivity index (χ1n) is 12.0. The highest BCUT2D eigenvalue weighted by Gasteiger charge is 2.30. The van der Waals surface area contributed by atoms with Gasteiger partial charge in [-0.15, -0.1) is 5.10 Å². The van der Waals surface area contributed by atoms with Gasteiger partial charge in [-0.2, -0.15) is 9.50 Å². The van der Waals surface area contributed by atoms with Crippen LogP contribution in [0.3, 0.4) is 0 Å². The van der Waals surface area contributed by atoms with E-state index in [2.05, 4.69) is 30.3 Å². The fourth-order valence-corrected chi connectivity index (χ4v) is 5.02. The molecule has 36 heavy (non-hydrogen) atoms. The standard InChI is InChI=1S/C23H27F2N9O2/c1-12-27-17-3-2-16(29-22(17)33(12)9-18(24)25)15-8-19(35)34-20(15)21(26)30-23(31-34)28-13-4-6-32(7-5-13)14-10-36-11-14/h2-3,8,13-14,18,35H,4-7,9-11H2,1H3,(H3,26,28,30,31). The fourth-order valence-electron chi connectivity index (χ4n) is 5.02. The van der Waals surface area contributed by atoms with E-state index in [9.17, 15) is 13.9 Å². The number of nitrogen functional groups attached to an aromatic ring is 1. The second-order valence-electron chi connectivity index (χ2n) is 9.34. The summed E-state index contributed by atoms with van der Waals surface area (Å²) in [6, 6.07) is 5.64. The van der Waals surface area contributed by atoms with Gasteiger partial charge in [0.2, 0.25) is 11.8 Å². The molecule has 0 saturated carbocycles. The number of anilines is 2. The van der Waals surface area contributed by atoms with E-state index < -0.39 is 13.0 Å². The summed E-state index contributed by atoms with van der Waals surface area (Å²) in [6.45, 7) is 4.71. The molecule has 0 atom stereocenters. The summed E-state index contributed by atoms with van der Waals surface area (Å²) in [4.78, 5) is 15.8. The summed E-state index contributed by atoms with van der Waals surface area (Å²) in [6.07, 6.45) is -0.660. The summed E-state index contributed by atoms with van der Waals surface area (Å²) in [5.74, 6) is 0.823. The third-order valence-corrected chi connectivity index (χ3v) is 7.00. The Balaban J connectivity index is 1.29. The Morgan fingerprint density at radius 1 is 1.19 bits per heavy atom. The molecule has 0 aromatic carbocycles. The number of nitrogens with zero attached hydrogens (tertiary/aromatic N) is 7.